The summed E-state index contributed by atoms with van der Waals surface area (Å²) in [5.41, 5.74) is 4.24. The molecule has 0 aromatic heterocycles. The Morgan fingerprint density at radius 2 is 2.00 bits per heavy atom. The largest absolute Gasteiger partial charge is 0.0842 e. The normalized spacial score (nSPS) is 11.0. The van der Waals surface area contributed by atoms with Crippen molar-refractivity contribution >= 4 is 6.08 Å². The molecule has 1 rings (SSSR count). The molecule has 0 saturated carbocycles. The van der Waals surface area contributed by atoms with Gasteiger partial charge in [0, 0.05) is 0 Å². The maximum Gasteiger partial charge on any atom is -0.0199 e. The average molecular weight is 174 g/mol. The van der Waals surface area contributed by atoms with Crippen LogP contribution >= 0.6 is 0 Å². The van der Waals surface area contributed by atoms with Crippen LogP contribution in [0, 0.1) is 6.92 Å². The molecule has 13 heavy (non-hydrogen) atoms. The molecular weight excluding hydrogens is 156 g/mol. The predicted octanol–water partition coefficient (Wildman–Crippen LogP) is 3.98. The highest BCUT2D eigenvalue weighted by atomic mass is 14.0. The van der Waals surface area contributed by atoms with Gasteiger partial charge in [-0.15, -0.1) is 0 Å². The van der Waals surface area contributed by atoms with E-state index in [9.17, 15) is 0 Å². The Balaban J connectivity index is 3.07. The molecule has 1 aromatic carbocycles. The van der Waals surface area contributed by atoms with Gasteiger partial charge in [0.15, 0.2) is 0 Å². The quantitative estimate of drug-likeness (QED) is 0.650. The van der Waals surface area contributed by atoms with Gasteiger partial charge in [0.1, 0.15) is 0 Å². The van der Waals surface area contributed by atoms with Gasteiger partial charge in [-0.1, -0.05) is 44.2 Å². The summed E-state index contributed by atoms with van der Waals surface area (Å²) in [6.07, 6.45) is 6.69. The Bertz CT molecular complexity index is 295. The molecule has 0 radical (unpaired) electrons. The second-order valence-corrected chi connectivity index (χ2v) is 3.31. The van der Waals surface area contributed by atoms with Crippen molar-refractivity contribution in [2.24, 2.45) is 0 Å². The molecule has 0 saturated heterocycles. The highest BCUT2D eigenvalue weighted by molar-refractivity contribution is 5.57. The van der Waals surface area contributed by atoms with E-state index in [0.29, 0.717) is 0 Å². The SMILES string of the molecule is CC/C=C\c1c(C)cccc1CC. The Hall–Kier alpha value is -1.04. The molecule has 0 heteroatoms. The van der Waals surface area contributed by atoms with Crippen molar-refractivity contribution < 1.29 is 0 Å². The van der Waals surface area contributed by atoms with Gasteiger partial charge in [-0.3, -0.25) is 0 Å². The van der Waals surface area contributed by atoms with Crippen LogP contribution in [0.25, 0.3) is 6.08 Å². The topological polar surface area (TPSA) is 0 Å². The van der Waals surface area contributed by atoms with E-state index in [1.54, 1.807) is 0 Å². The van der Waals surface area contributed by atoms with E-state index in [-0.39, 0.29) is 0 Å². The molecule has 0 aliphatic rings. The minimum atomic E-state index is 1.11. The number of benzene rings is 1. The zero-order chi connectivity index (χ0) is 9.68. The molecule has 1 aromatic rings. The van der Waals surface area contributed by atoms with Crippen molar-refractivity contribution in [2.45, 2.75) is 33.6 Å². The summed E-state index contributed by atoms with van der Waals surface area (Å²) in [5, 5.41) is 0. The molecule has 0 nitrogen and oxygen atoms in total. The van der Waals surface area contributed by atoms with E-state index in [1.165, 1.54) is 16.7 Å². The minimum absolute atomic E-state index is 1.11. The van der Waals surface area contributed by atoms with Crippen molar-refractivity contribution in [1.82, 2.24) is 0 Å². The lowest BCUT2D eigenvalue weighted by Gasteiger charge is -2.06. The third-order valence-corrected chi connectivity index (χ3v) is 2.32. The predicted molar refractivity (Wildman–Crippen MR) is 59.9 cm³/mol. The molecule has 0 unspecified atom stereocenters. The Morgan fingerprint density at radius 3 is 2.62 bits per heavy atom. The van der Waals surface area contributed by atoms with Gasteiger partial charge in [-0.25, -0.2) is 0 Å². The highest BCUT2D eigenvalue weighted by Gasteiger charge is 1.98. The molecule has 0 aliphatic heterocycles. The zero-order valence-corrected chi connectivity index (χ0v) is 8.80. The molecule has 0 atom stereocenters. The van der Waals surface area contributed by atoms with Gasteiger partial charge in [0.05, 0.1) is 0 Å². The first-order chi connectivity index (χ1) is 6.29. The van der Waals surface area contributed by atoms with E-state index in [4.69, 9.17) is 0 Å². The molecule has 0 heterocycles. The molecular formula is C13H18. The van der Waals surface area contributed by atoms with Crippen LogP contribution in [0.15, 0.2) is 24.3 Å². The summed E-state index contributed by atoms with van der Waals surface area (Å²) in [7, 11) is 0. The Morgan fingerprint density at radius 1 is 1.23 bits per heavy atom. The maximum absolute atomic E-state index is 2.24. The maximum atomic E-state index is 2.24. The number of allylic oxidation sites excluding steroid dienone is 1. The van der Waals surface area contributed by atoms with E-state index >= 15 is 0 Å². The molecule has 0 N–H and O–H groups in total. The first kappa shape index (κ1) is 10.0. The molecule has 0 bridgehead atoms. The van der Waals surface area contributed by atoms with Gasteiger partial charge in [-0.2, -0.15) is 0 Å². The summed E-state index contributed by atoms with van der Waals surface area (Å²) < 4.78 is 0. The summed E-state index contributed by atoms with van der Waals surface area (Å²) in [6, 6.07) is 6.52. The number of hydrogen-bond donors (Lipinski definition) is 0. The summed E-state index contributed by atoms with van der Waals surface area (Å²) >= 11 is 0. The van der Waals surface area contributed by atoms with E-state index in [1.807, 2.05) is 0 Å². The van der Waals surface area contributed by atoms with Crippen molar-refractivity contribution in [3.05, 3.63) is 41.0 Å². The lowest BCUT2D eigenvalue weighted by Crippen LogP contribution is -1.89. The molecule has 0 amide bonds. The second-order valence-electron chi connectivity index (χ2n) is 3.31. The molecule has 0 aliphatic carbocycles. The van der Waals surface area contributed by atoms with Gasteiger partial charge in [-0.05, 0) is 36.5 Å². The van der Waals surface area contributed by atoms with Crippen LogP contribution in [0.3, 0.4) is 0 Å². The van der Waals surface area contributed by atoms with Crippen LogP contribution < -0.4 is 0 Å². The van der Waals surface area contributed by atoms with Crippen LogP contribution in [0.4, 0.5) is 0 Å². The fourth-order valence-electron chi connectivity index (χ4n) is 1.52. The monoisotopic (exact) mass is 174 g/mol. The summed E-state index contributed by atoms with van der Waals surface area (Å²) in [4.78, 5) is 0. The summed E-state index contributed by atoms with van der Waals surface area (Å²) in [6.45, 7) is 6.55. The first-order valence-electron chi connectivity index (χ1n) is 5.04. The van der Waals surface area contributed by atoms with Crippen molar-refractivity contribution in [2.75, 3.05) is 0 Å². The van der Waals surface area contributed by atoms with Gasteiger partial charge in [0.25, 0.3) is 0 Å². The van der Waals surface area contributed by atoms with Crippen molar-refractivity contribution in [3.8, 4) is 0 Å². The lowest BCUT2D eigenvalue weighted by atomic mass is 9.99. The van der Waals surface area contributed by atoms with Gasteiger partial charge in [0.2, 0.25) is 0 Å². The summed E-state index contributed by atoms with van der Waals surface area (Å²) in [5.74, 6) is 0. The fourth-order valence-corrected chi connectivity index (χ4v) is 1.52. The van der Waals surface area contributed by atoms with Crippen LogP contribution in [0.2, 0.25) is 0 Å². The third-order valence-electron chi connectivity index (χ3n) is 2.32. The smallest absolute Gasteiger partial charge is 0.0199 e. The molecule has 70 valence electrons. The van der Waals surface area contributed by atoms with Crippen molar-refractivity contribution in [3.63, 3.8) is 0 Å². The Labute approximate surface area is 81.3 Å². The molecule has 0 spiro atoms. The van der Waals surface area contributed by atoms with E-state index in [2.05, 4.69) is 51.1 Å². The third kappa shape index (κ3) is 2.45. The van der Waals surface area contributed by atoms with E-state index in [0.717, 1.165) is 12.8 Å². The average Bonchev–Trinajstić information content (AvgIpc) is 2.15. The van der Waals surface area contributed by atoms with Crippen LogP contribution in [-0.4, -0.2) is 0 Å². The highest BCUT2D eigenvalue weighted by Crippen LogP contribution is 2.16. The van der Waals surface area contributed by atoms with Crippen LogP contribution in [0.1, 0.15) is 37.0 Å². The number of aryl methyl sites for hydroxylation is 2. The minimum Gasteiger partial charge on any atom is -0.0842 e. The van der Waals surface area contributed by atoms with Gasteiger partial charge < -0.3 is 0 Å². The lowest BCUT2D eigenvalue weighted by molar-refractivity contribution is 1.12. The van der Waals surface area contributed by atoms with E-state index < -0.39 is 0 Å². The second kappa shape index (κ2) is 4.86. The number of rotatable bonds is 3. The standard InChI is InChI=1S/C13H18/c1-4-6-10-13-11(3)8-7-9-12(13)5-2/h6-10H,4-5H2,1-3H3/b10-6-. The van der Waals surface area contributed by atoms with Crippen molar-refractivity contribution in [1.29, 1.82) is 0 Å². The zero-order valence-electron chi connectivity index (χ0n) is 8.80. The Kier molecular flexibility index (Phi) is 3.75. The van der Waals surface area contributed by atoms with Crippen LogP contribution in [0.5, 0.6) is 0 Å². The number of hydrogen-bond acceptors (Lipinski definition) is 0. The van der Waals surface area contributed by atoms with Gasteiger partial charge >= 0.3 is 0 Å². The first-order valence-corrected chi connectivity index (χ1v) is 5.04. The fraction of sp³-hybridized carbons (Fsp3) is 0.385. The molecule has 0 fully saturated rings. The van der Waals surface area contributed by atoms with Crippen LogP contribution in [-0.2, 0) is 6.42 Å².